The highest BCUT2D eigenvalue weighted by atomic mass is 16.5. The van der Waals surface area contributed by atoms with E-state index in [9.17, 15) is 4.79 Å². The molecule has 0 radical (unpaired) electrons. The number of ether oxygens (including phenoxy) is 2. The molecule has 0 saturated carbocycles. The fourth-order valence-electron chi connectivity index (χ4n) is 1.37. The van der Waals surface area contributed by atoms with E-state index >= 15 is 0 Å². The average Bonchev–Trinajstić information content (AvgIpc) is 2.27. The molecular formula is C11H14N2O3. The van der Waals surface area contributed by atoms with E-state index in [1.807, 2.05) is 6.07 Å². The first-order chi connectivity index (χ1) is 7.79. The Balaban J connectivity index is 1.88. The highest BCUT2D eigenvalue weighted by molar-refractivity contribution is 5.88. The predicted molar refractivity (Wildman–Crippen MR) is 57.0 cm³/mol. The van der Waals surface area contributed by atoms with Crippen LogP contribution in [0.15, 0.2) is 18.3 Å². The van der Waals surface area contributed by atoms with Gasteiger partial charge in [-0.05, 0) is 12.1 Å². The standard InChI is InChI=1S/C11H14N2O3/c1-15-11(14)8-2-3-9(12-4-8)5-13-10-6-16-7-10/h2-4,10,13H,5-7H2,1H3. The highest BCUT2D eigenvalue weighted by Crippen LogP contribution is 2.04. The van der Waals surface area contributed by atoms with Gasteiger partial charge >= 0.3 is 5.97 Å². The lowest BCUT2D eigenvalue weighted by Crippen LogP contribution is -2.45. The molecule has 1 fully saturated rings. The van der Waals surface area contributed by atoms with Crippen LogP contribution in [0.1, 0.15) is 16.1 Å². The number of rotatable bonds is 4. The Hall–Kier alpha value is -1.46. The SMILES string of the molecule is COC(=O)c1ccc(CNC2COC2)nc1. The molecule has 2 rings (SSSR count). The molecule has 0 spiro atoms. The Morgan fingerprint density at radius 2 is 2.44 bits per heavy atom. The second kappa shape index (κ2) is 5.05. The zero-order valence-corrected chi connectivity index (χ0v) is 9.10. The van der Waals surface area contributed by atoms with Gasteiger partial charge in [0, 0.05) is 12.7 Å². The molecule has 86 valence electrons. The van der Waals surface area contributed by atoms with Gasteiger partial charge in [-0.3, -0.25) is 4.98 Å². The smallest absolute Gasteiger partial charge is 0.339 e. The maximum atomic E-state index is 11.2. The Morgan fingerprint density at radius 3 is 2.94 bits per heavy atom. The molecule has 0 bridgehead atoms. The lowest BCUT2D eigenvalue weighted by atomic mass is 10.2. The van der Waals surface area contributed by atoms with E-state index in [1.165, 1.54) is 13.3 Å². The van der Waals surface area contributed by atoms with Crippen LogP contribution in [-0.4, -0.2) is 37.3 Å². The van der Waals surface area contributed by atoms with Gasteiger partial charge in [0.2, 0.25) is 0 Å². The van der Waals surface area contributed by atoms with E-state index in [0.717, 1.165) is 18.9 Å². The maximum Gasteiger partial charge on any atom is 0.339 e. The van der Waals surface area contributed by atoms with Crippen molar-refractivity contribution in [2.24, 2.45) is 0 Å². The maximum absolute atomic E-state index is 11.2. The van der Waals surface area contributed by atoms with Crippen LogP contribution in [0.3, 0.4) is 0 Å². The van der Waals surface area contributed by atoms with Gasteiger partial charge in [0.15, 0.2) is 0 Å². The van der Waals surface area contributed by atoms with Crippen molar-refractivity contribution in [2.45, 2.75) is 12.6 Å². The molecule has 2 heterocycles. The van der Waals surface area contributed by atoms with Crippen LogP contribution < -0.4 is 5.32 Å². The van der Waals surface area contributed by atoms with Crippen molar-refractivity contribution in [1.82, 2.24) is 10.3 Å². The number of methoxy groups -OCH3 is 1. The number of esters is 1. The second-order valence-electron chi connectivity index (χ2n) is 3.65. The Bertz CT molecular complexity index is 360. The van der Waals surface area contributed by atoms with Crippen molar-refractivity contribution in [1.29, 1.82) is 0 Å². The summed E-state index contributed by atoms with van der Waals surface area (Å²) >= 11 is 0. The van der Waals surface area contributed by atoms with Gasteiger partial charge < -0.3 is 14.8 Å². The lowest BCUT2D eigenvalue weighted by molar-refractivity contribution is -0.00590. The minimum atomic E-state index is -0.362. The molecular weight excluding hydrogens is 208 g/mol. The van der Waals surface area contributed by atoms with E-state index in [2.05, 4.69) is 15.0 Å². The fourth-order valence-corrected chi connectivity index (χ4v) is 1.37. The lowest BCUT2D eigenvalue weighted by Gasteiger charge is -2.26. The molecule has 0 aromatic carbocycles. The summed E-state index contributed by atoms with van der Waals surface area (Å²) in [5, 5.41) is 3.29. The van der Waals surface area contributed by atoms with Crippen LogP contribution in [0.25, 0.3) is 0 Å². The summed E-state index contributed by atoms with van der Waals surface area (Å²) in [7, 11) is 1.36. The van der Waals surface area contributed by atoms with Crippen LogP contribution in [0, 0.1) is 0 Å². The Kier molecular flexibility index (Phi) is 3.48. The first-order valence-corrected chi connectivity index (χ1v) is 5.14. The van der Waals surface area contributed by atoms with Crippen molar-refractivity contribution in [2.75, 3.05) is 20.3 Å². The van der Waals surface area contributed by atoms with Gasteiger partial charge in [0.05, 0.1) is 37.6 Å². The number of nitrogens with one attached hydrogen (secondary N) is 1. The second-order valence-corrected chi connectivity index (χ2v) is 3.65. The minimum absolute atomic E-state index is 0.362. The molecule has 1 saturated heterocycles. The minimum Gasteiger partial charge on any atom is -0.465 e. The summed E-state index contributed by atoms with van der Waals surface area (Å²) in [6, 6.07) is 3.97. The zero-order chi connectivity index (χ0) is 11.4. The molecule has 1 aliphatic rings. The van der Waals surface area contributed by atoms with Crippen molar-refractivity contribution >= 4 is 5.97 Å². The predicted octanol–water partition coefficient (Wildman–Crippen LogP) is 0.357. The molecule has 1 N–H and O–H groups in total. The zero-order valence-electron chi connectivity index (χ0n) is 9.10. The van der Waals surface area contributed by atoms with Crippen molar-refractivity contribution in [3.8, 4) is 0 Å². The number of nitrogens with zero attached hydrogens (tertiary/aromatic N) is 1. The van der Waals surface area contributed by atoms with E-state index < -0.39 is 0 Å². The molecule has 1 aromatic heterocycles. The van der Waals surface area contributed by atoms with Crippen LogP contribution >= 0.6 is 0 Å². The number of hydrogen-bond donors (Lipinski definition) is 1. The Labute approximate surface area is 93.8 Å². The van der Waals surface area contributed by atoms with Crippen molar-refractivity contribution in [3.63, 3.8) is 0 Å². The third-order valence-corrected chi connectivity index (χ3v) is 2.46. The topological polar surface area (TPSA) is 60.5 Å². The summed E-state index contributed by atoms with van der Waals surface area (Å²) in [5.74, 6) is -0.362. The van der Waals surface area contributed by atoms with Gasteiger partial charge in [0.1, 0.15) is 0 Å². The van der Waals surface area contributed by atoms with E-state index in [-0.39, 0.29) is 5.97 Å². The monoisotopic (exact) mass is 222 g/mol. The third kappa shape index (κ3) is 2.56. The van der Waals surface area contributed by atoms with Crippen LogP contribution in [0.5, 0.6) is 0 Å². The molecule has 5 heteroatoms. The quantitative estimate of drug-likeness (QED) is 0.745. The van der Waals surface area contributed by atoms with Crippen LogP contribution in [0.2, 0.25) is 0 Å². The van der Waals surface area contributed by atoms with Crippen LogP contribution in [0.4, 0.5) is 0 Å². The van der Waals surface area contributed by atoms with E-state index in [1.54, 1.807) is 6.07 Å². The summed E-state index contributed by atoms with van der Waals surface area (Å²) in [6.07, 6.45) is 1.53. The van der Waals surface area contributed by atoms with Gasteiger partial charge in [-0.2, -0.15) is 0 Å². The molecule has 0 atom stereocenters. The van der Waals surface area contributed by atoms with Gasteiger partial charge in [-0.15, -0.1) is 0 Å². The first-order valence-electron chi connectivity index (χ1n) is 5.14. The third-order valence-electron chi connectivity index (χ3n) is 2.46. The number of hydrogen-bond acceptors (Lipinski definition) is 5. The number of carbonyl (C=O) groups is 1. The number of aromatic nitrogens is 1. The summed E-state index contributed by atoms with van der Waals surface area (Å²) in [5.41, 5.74) is 1.37. The fraction of sp³-hybridized carbons (Fsp3) is 0.455. The summed E-state index contributed by atoms with van der Waals surface area (Å²) in [4.78, 5) is 15.3. The number of carbonyl (C=O) groups excluding carboxylic acids is 1. The van der Waals surface area contributed by atoms with Crippen molar-refractivity contribution < 1.29 is 14.3 Å². The average molecular weight is 222 g/mol. The molecule has 0 unspecified atom stereocenters. The highest BCUT2D eigenvalue weighted by Gasteiger charge is 2.17. The van der Waals surface area contributed by atoms with Gasteiger partial charge in [0.25, 0.3) is 0 Å². The molecule has 16 heavy (non-hydrogen) atoms. The summed E-state index contributed by atoms with van der Waals surface area (Å²) in [6.45, 7) is 2.22. The van der Waals surface area contributed by atoms with Gasteiger partial charge in [-0.1, -0.05) is 0 Å². The number of pyridine rings is 1. The van der Waals surface area contributed by atoms with Crippen LogP contribution in [-0.2, 0) is 16.0 Å². The molecule has 1 aromatic rings. The van der Waals surface area contributed by atoms with E-state index in [4.69, 9.17) is 4.74 Å². The molecule has 0 aliphatic carbocycles. The molecule has 0 amide bonds. The van der Waals surface area contributed by atoms with Crippen molar-refractivity contribution in [3.05, 3.63) is 29.6 Å². The molecule has 5 nitrogen and oxygen atoms in total. The molecule has 1 aliphatic heterocycles. The van der Waals surface area contributed by atoms with Gasteiger partial charge in [-0.25, -0.2) is 4.79 Å². The first kappa shape index (κ1) is 11.0. The Morgan fingerprint density at radius 1 is 1.62 bits per heavy atom. The largest absolute Gasteiger partial charge is 0.465 e. The normalized spacial score (nSPS) is 15.6. The summed E-state index contributed by atoms with van der Waals surface area (Å²) < 4.78 is 9.63. The van der Waals surface area contributed by atoms with E-state index in [0.29, 0.717) is 18.2 Å².